The maximum Gasteiger partial charge on any atom is 0.508 e. The van der Waals surface area contributed by atoms with Gasteiger partial charge in [0.15, 0.2) is 0 Å². The van der Waals surface area contributed by atoms with Gasteiger partial charge in [0, 0.05) is 17.4 Å². The fourth-order valence-electron chi connectivity index (χ4n) is 0.891. The molecule has 5 heteroatoms. The molecule has 62 valence electrons. The molecule has 3 nitrogen and oxygen atoms in total. The minimum Gasteiger partial charge on any atom is -0.422 e. The highest BCUT2D eigenvalue weighted by molar-refractivity contribution is 6.64. The minimum absolute atomic E-state index is 0.363. The van der Waals surface area contributed by atoms with Crippen molar-refractivity contribution in [1.82, 2.24) is 0 Å². The van der Waals surface area contributed by atoms with E-state index in [0.29, 0.717) is 17.3 Å². The Bertz CT molecular complexity index is 279. The van der Waals surface area contributed by atoms with Crippen LogP contribution in [0.25, 0.3) is 0 Å². The van der Waals surface area contributed by atoms with Crippen LogP contribution in [-0.4, -0.2) is 18.4 Å². The Balaban J connectivity index is 3.04. The number of hydrogen-bond acceptors (Lipinski definition) is 3. The molecule has 0 aliphatic heterocycles. The van der Waals surface area contributed by atoms with Crippen molar-refractivity contribution in [3.8, 4) is 0 Å². The summed E-state index contributed by atoms with van der Waals surface area (Å²) < 4.78 is 4.15. The van der Waals surface area contributed by atoms with E-state index in [4.69, 9.17) is 16.9 Å². The van der Waals surface area contributed by atoms with Gasteiger partial charge in [-0.2, -0.15) is 0 Å². The third-order valence-corrected chi connectivity index (χ3v) is 1.64. The number of carbonyl (C=O) groups is 1. The summed E-state index contributed by atoms with van der Waals surface area (Å²) in [5, 5.41) is 9.13. The molecule has 0 atom stereocenters. The first-order valence-electron chi connectivity index (χ1n) is 3.29. The van der Waals surface area contributed by atoms with Gasteiger partial charge in [0.25, 0.3) is 0 Å². The van der Waals surface area contributed by atoms with E-state index in [2.05, 4.69) is 4.21 Å². The normalized spacial score (nSPS) is 9.50. The third kappa shape index (κ3) is 1.85. The average molecular weight is 184 g/mol. The summed E-state index contributed by atoms with van der Waals surface area (Å²) in [5.41, 5.74) is 0.730. The molecule has 0 saturated carbocycles. The number of rotatable bonds is 3. The van der Waals surface area contributed by atoms with E-state index in [9.17, 15) is 4.79 Å². The van der Waals surface area contributed by atoms with Crippen LogP contribution in [0.4, 0.5) is 0 Å². The predicted octanol–water partition coefficient (Wildman–Crippen LogP) is 0.357. The molecule has 0 amide bonds. The number of aldehydes is 1. The minimum atomic E-state index is -1.26. The van der Waals surface area contributed by atoms with Gasteiger partial charge in [0.05, 0.1) is 0 Å². The maximum atomic E-state index is 10.4. The van der Waals surface area contributed by atoms with Crippen LogP contribution in [-0.2, 0) is 4.21 Å². The quantitative estimate of drug-likeness (QED) is 0.545. The van der Waals surface area contributed by atoms with Gasteiger partial charge in [-0.05, 0) is 5.46 Å². The summed E-state index contributed by atoms with van der Waals surface area (Å²) in [7, 11) is -1.26. The van der Waals surface area contributed by atoms with E-state index in [1.165, 1.54) is 0 Å². The van der Waals surface area contributed by atoms with Crippen molar-refractivity contribution < 1.29 is 14.0 Å². The molecule has 0 saturated heterocycles. The van der Waals surface area contributed by atoms with Crippen LogP contribution in [0.1, 0.15) is 10.4 Å². The van der Waals surface area contributed by atoms with Gasteiger partial charge < -0.3 is 9.23 Å². The summed E-state index contributed by atoms with van der Waals surface area (Å²) in [4.78, 5) is 10.4. The Hall–Kier alpha value is -0.835. The Morgan fingerprint density at radius 2 is 2.17 bits per heavy atom. The van der Waals surface area contributed by atoms with Gasteiger partial charge >= 0.3 is 7.12 Å². The highest BCUT2D eigenvalue weighted by atomic mass is 35.5. The smallest absolute Gasteiger partial charge is 0.422 e. The number of carbonyl (C=O) groups excluding carboxylic acids is 1. The van der Waals surface area contributed by atoms with Gasteiger partial charge in [-0.1, -0.05) is 24.3 Å². The van der Waals surface area contributed by atoms with Gasteiger partial charge in [-0.3, -0.25) is 4.79 Å². The first kappa shape index (κ1) is 9.25. The van der Waals surface area contributed by atoms with Gasteiger partial charge in [0.2, 0.25) is 0 Å². The molecule has 0 spiro atoms. The van der Waals surface area contributed by atoms with E-state index in [1.54, 1.807) is 24.3 Å². The molecule has 1 N–H and O–H groups in total. The van der Waals surface area contributed by atoms with E-state index >= 15 is 0 Å². The van der Waals surface area contributed by atoms with Crippen LogP contribution in [0.3, 0.4) is 0 Å². The summed E-state index contributed by atoms with van der Waals surface area (Å²) in [6.45, 7) is 0. The molecule has 0 aliphatic carbocycles. The monoisotopic (exact) mass is 184 g/mol. The lowest BCUT2D eigenvalue weighted by Crippen LogP contribution is -2.33. The van der Waals surface area contributed by atoms with Crippen molar-refractivity contribution in [3.63, 3.8) is 0 Å². The lowest BCUT2D eigenvalue weighted by atomic mass is 9.77. The molecule has 0 radical (unpaired) electrons. The van der Waals surface area contributed by atoms with Crippen LogP contribution in [0.2, 0.25) is 0 Å². The molecule has 0 fully saturated rings. The summed E-state index contributed by atoms with van der Waals surface area (Å²) in [6, 6.07) is 6.51. The fourth-order valence-corrected chi connectivity index (χ4v) is 0.987. The fraction of sp³-hybridized carbons (Fsp3) is 0. The molecule has 12 heavy (non-hydrogen) atoms. The maximum absolute atomic E-state index is 10.4. The van der Waals surface area contributed by atoms with Gasteiger partial charge in [-0.15, -0.1) is 0 Å². The summed E-state index contributed by atoms with van der Waals surface area (Å²) in [5.74, 6) is 0. The van der Waals surface area contributed by atoms with E-state index in [0.717, 1.165) is 0 Å². The van der Waals surface area contributed by atoms with Crippen LogP contribution < -0.4 is 5.46 Å². The molecule has 1 aromatic carbocycles. The standard InChI is InChI=1S/C7H6BClO3/c9-12-8(11)7-4-2-1-3-6(7)5-10/h1-5,11H. The van der Waals surface area contributed by atoms with E-state index in [1.807, 2.05) is 0 Å². The van der Waals surface area contributed by atoms with E-state index in [-0.39, 0.29) is 0 Å². The molecule has 1 rings (SSSR count). The van der Waals surface area contributed by atoms with Crippen molar-refractivity contribution in [2.75, 3.05) is 0 Å². The SMILES string of the molecule is O=Cc1ccccc1B(O)OCl. The largest absolute Gasteiger partial charge is 0.508 e. The molecule has 0 aromatic heterocycles. The zero-order valence-electron chi connectivity index (χ0n) is 6.11. The zero-order chi connectivity index (χ0) is 8.97. The van der Waals surface area contributed by atoms with E-state index < -0.39 is 7.12 Å². The molecule has 0 heterocycles. The van der Waals surface area contributed by atoms with Crippen molar-refractivity contribution >= 4 is 30.7 Å². The van der Waals surface area contributed by atoms with Crippen LogP contribution >= 0.6 is 11.9 Å². The molecule has 0 bridgehead atoms. The summed E-state index contributed by atoms with van der Waals surface area (Å²) >= 11 is 4.95. The second-order valence-electron chi connectivity index (χ2n) is 2.19. The predicted molar refractivity (Wildman–Crippen MR) is 46.4 cm³/mol. The van der Waals surface area contributed by atoms with Crippen LogP contribution in [0, 0.1) is 0 Å². The Morgan fingerprint density at radius 3 is 2.75 bits per heavy atom. The van der Waals surface area contributed by atoms with Gasteiger partial charge in [0.1, 0.15) is 6.29 Å². The lowest BCUT2D eigenvalue weighted by Gasteiger charge is -2.03. The van der Waals surface area contributed by atoms with Crippen LogP contribution in [0.15, 0.2) is 24.3 Å². The Labute approximate surface area is 75.2 Å². The first-order valence-corrected chi connectivity index (χ1v) is 3.60. The van der Waals surface area contributed by atoms with Crippen molar-refractivity contribution in [3.05, 3.63) is 29.8 Å². The topological polar surface area (TPSA) is 46.5 Å². The average Bonchev–Trinajstić information content (AvgIpc) is 2.16. The molecular weight excluding hydrogens is 178 g/mol. The highest BCUT2D eigenvalue weighted by Crippen LogP contribution is 1.96. The number of halogens is 1. The highest BCUT2D eigenvalue weighted by Gasteiger charge is 2.18. The second kappa shape index (κ2) is 4.26. The third-order valence-electron chi connectivity index (χ3n) is 1.47. The summed E-state index contributed by atoms with van der Waals surface area (Å²) in [6.07, 6.45) is 0.633. The Kier molecular flexibility index (Phi) is 3.28. The number of benzene rings is 1. The Morgan fingerprint density at radius 1 is 1.50 bits per heavy atom. The molecule has 0 aliphatic rings. The van der Waals surface area contributed by atoms with Crippen LogP contribution in [0.5, 0.6) is 0 Å². The van der Waals surface area contributed by atoms with Crippen molar-refractivity contribution in [1.29, 1.82) is 0 Å². The van der Waals surface area contributed by atoms with Gasteiger partial charge in [-0.25, -0.2) is 0 Å². The lowest BCUT2D eigenvalue weighted by molar-refractivity contribution is 0.112. The number of hydrogen-bond donors (Lipinski definition) is 1. The second-order valence-corrected chi connectivity index (χ2v) is 2.37. The molecular formula is C7H6BClO3. The van der Waals surface area contributed by atoms with Crippen molar-refractivity contribution in [2.45, 2.75) is 0 Å². The zero-order valence-corrected chi connectivity index (χ0v) is 6.86. The molecule has 0 unspecified atom stereocenters. The van der Waals surface area contributed by atoms with Crippen molar-refractivity contribution in [2.24, 2.45) is 0 Å². The molecule has 1 aromatic rings. The first-order chi connectivity index (χ1) is 5.79.